The quantitative estimate of drug-likeness (QED) is 0.569. The average molecular weight is 550 g/mol. The van der Waals surface area contributed by atoms with Gasteiger partial charge in [-0.2, -0.15) is 9.57 Å². The fourth-order valence-electron chi connectivity index (χ4n) is 5.25. The third kappa shape index (κ3) is 4.13. The minimum absolute atomic E-state index is 0.177. The van der Waals surface area contributed by atoms with Crippen molar-refractivity contribution in [2.75, 3.05) is 38.2 Å². The first-order valence-electron chi connectivity index (χ1n) is 11.6. The van der Waals surface area contributed by atoms with E-state index in [0.29, 0.717) is 18.1 Å². The van der Waals surface area contributed by atoms with Crippen LogP contribution in [-0.4, -0.2) is 70.0 Å². The predicted molar refractivity (Wildman–Crippen MR) is 136 cm³/mol. The van der Waals surface area contributed by atoms with E-state index in [1.165, 1.54) is 17.3 Å². The van der Waals surface area contributed by atoms with Gasteiger partial charge in [-0.15, -0.1) is 11.6 Å². The Morgan fingerprint density at radius 1 is 1.25 bits per heavy atom. The van der Waals surface area contributed by atoms with Gasteiger partial charge in [-0.1, -0.05) is 23.7 Å². The number of alkyl halides is 2. The van der Waals surface area contributed by atoms with Gasteiger partial charge in [0.25, 0.3) is 0 Å². The van der Waals surface area contributed by atoms with Crippen molar-refractivity contribution < 1.29 is 17.9 Å². The van der Waals surface area contributed by atoms with Crippen molar-refractivity contribution in [2.45, 2.75) is 34.4 Å². The molecule has 1 aromatic carbocycles. The molecule has 0 bridgehead atoms. The number of Topliss-reactive ketones (excluding diaryl/α,β-unsaturated/α-hetero) is 1. The number of nitriles is 1. The van der Waals surface area contributed by atoms with Crippen LogP contribution in [0.25, 0.3) is 0 Å². The van der Waals surface area contributed by atoms with Gasteiger partial charge < -0.3 is 14.6 Å². The van der Waals surface area contributed by atoms with Crippen LogP contribution >= 0.6 is 23.2 Å². The first-order valence-corrected chi connectivity index (χ1v) is 13.8. The summed E-state index contributed by atoms with van der Waals surface area (Å²) in [4.78, 5) is 16.6. The van der Waals surface area contributed by atoms with Gasteiger partial charge in [-0.25, -0.2) is 13.4 Å². The summed E-state index contributed by atoms with van der Waals surface area (Å²) in [6.45, 7) is 2.87. The van der Waals surface area contributed by atoms with Crippen molar-refractivity contribution in [2.24, 2.45) is 0 Å². The predicted octanol–water partition coefficient (Wildman–Crippen LogP) is 3.00. The molecule has 190 valence electrons. The number of morpholine rings is 1. The van der Waals surface area contributed by atoms with Crippen molar-refractivity contribution in [1.29, 1.82) is 5.26 Å². The first kappa shape index (κ1) is 25.2. The molecule has 1 aromatic heterocycles. The molecule has 2 aliphatic heterocycles. The number of benzene rings is 1. The van der Waals surface area contributed by atoms with Crippen LogP contribution in [0.1, 0.15) is 36.4 Å². The van der Waals surface area contributed by atoms with Gasteiger partial charge in [-0.3, -0.25) is 4.79 Å². The SMILES string of the molecule is CC1(Cl)C[C@](Cl)(S(=O)(=O)N2CCOCC2)C=C(C(c2ccc(C#N)cc2)C2CNc3nccn32)C1=O. The minimum atomic E-state index is -4.08. The number of nitrogens with one attached hydrogen (secondary N) is 1. The molecule has 0 saturated carbocycles. The van der Waals surface area contributed by atoms with E-state index in [2.05, 4.69) is 16.4 Å². The highest BCUT2D eigenvalue weighted by atomic mass is 35.5. The van der Waals surface area contributed by atoms with E-state index < -0.39 is 25.0 Å². The second-order valence-corrected chi connectivity index (χ2v) is 13.4. The molecule has 0 radical (unpaired) electrons. The number of carbonyl (C=O) groups is 1. The molecule has 1 aliphatic carbocycles. The number of rotatable bonds is 5. The number of sulfonamides is 1. The Morgan fingerprint density at radius 3 is 2.61 bits per heavy atom. The number of carbonyl (C=O) groups excluding carboxylic acids is 1. The summed E-state index contributed by atoms with van der Waals surface area (Å²) in [7, 11) is -4.08. The zero-order valence-electron chi connectivity index (χ0n) is 19.5. The average Bonchev–Trinajstić information content (AvgIpc) is 3.48. The van der Waals surface area contributed by atoms with Gasteiger partial charge >= 0.3 is 0 Å². The van der Waals surface area contributed by atoms with Crippen LogP contribution in [0, 0.1) is 11.3 Å². The molecule has 0 spiro atoms. The van der Waals surface area contributed by atoms with Gasteiger partial charge in [0.15, 0.2) is 9.99 Å². The number of fused-ring (bicyclic) bond motifs is 1. The third-order valence-electron chi connectivity index (χ3n) is 7.03. The summed E-state index contributed by atoms with van der Waals surface area (Å²) < 4.78 is 34.2. The monoisotopic (exact) mass is 549 g/mol. The Hall–Kier alpha value is -2.42. The van der Waals surface area contributed by atoms with Gasteiger partial charge in [0, 0.05) is 49.9 Å². The lowest BCUT2D eigenvalue weighted by atomic mass is 9.75. The van der Waals surface area contributed by atoms with Crippen LogP contribution in [0.2, 0.25) is 0 Å². The minimum Gasteiger partial charge on any atom is -0.379 e. The fraction of sp³-hybridized carbons (Fsp3) is 0.458. The standard InChI is InChI=1S/C24H25Cl2N5O4S/c1-23(25)15-24(26,36(33,34)30-8-10-35-11-9-30)12-18(21(23)32)20(17-4-2-16(13-27)3-5-17)19-14-29-22-28-6-7-31(19)22/h2-7,12,19-20H,8-11,14-15H2,1H3,(H,28,29)/t19?,20?,23?,24-/m1/s1. The largest absolute Gasteiger partial charge is 0.379 e. The van der Waals surface area contributed by atoms with Gasteiger partial charge in [0.2, 0.25) is 16.0 Å². The number of anilines is 1. The molecule has 9 nitrogen and oxygen atoms in total. The number of halogens is 2. The van der Waals surface area contributed by atoms with Crippen molar-refractivity contribution in [1.82, 2.24) is 13.9 Å². The number of ketones is 1. The van der Waals surface area contributed by atoms with Crippen molar-refractivity contribution in [3.63, 3.8) is 0 Å². The molecule has 1 saturated heterocycles. The highest BCUT2D eigenvalue weighted by molar-refractivity contribution is 7.92. The lowest BCUT2D eigenvalue weighted by Gasteiger charge is -2.42. The Morgan fingerprint density at radius 2 is 1.94 bits per heavy atom. The van der Waals surface area contributed by atoms with Crippen LogP contribution in [0.15, 0.2) is 48.3 Å². The Bertz CT molecular complexity index is 1360. The van der Waals surface area contributed by atoms with Crippen molar-refractivity contribution in [3.8, 4) is 6.07 Å². The van der Waals surface area contributed by atoms with E-state index in [0.717, 1.165) is 5.56 Å². The molecule has 1 fully saturated rings. The normalized spacial score (nSPS) is 29.7. The first-order chi connectivity index (χ1) is 17.1. The highest BCUT2D eigenvalue weighted by Gasteiger charge is 2.56. The molecule has 12 heteroatoms. The van der Waals surface area contributed by atoms with Crippen molar-refractivity contribution in [3.05, 3.63) is 59.4 Å². The van der Waals surface area contributed by atoms with E-state index >= 15 is 0 Å². The summed E-state index contributed by atoms with van der Waals surface area (Å²) in [6, 6.07) is 8.69. The van der Waals surface area contributed by atoms with Gasteiger partial charge in [-0.05, 0) is 30.7 Å². The van der Waals surface area contributed by atoms with Crippen LogP contribution in [0.5, 0.6) is 0 Å². The van der Waals surface area contributed by atoms with Crippen LogP contribution in [0.4, 0.5) is 5.95 Å². The van der Waals surface area contributed by atoms with Crippen LogP contribution in [-0.2, 0) is 19.6 Å². The molecule has 2 aromatic rings. The van der Waals surface area contributed by atoms with Crippen LogP contribution in [0.3, 0.4) is 0 Å². The molecular weight excluding hydrogens is 525 g/mol. The Balaban J connectivity index is 1.67. The molecule has 3 heterocycles. The third-order valence-corrected chi connectivity index (χ3v) is 10.3. The number of hydrogen-bond donors (Lipinski definition) is 1. The van der Waals surface area contributed by atoms with E-state index in [1.807, 2.05) is 10.8 Å². The summed E-state index contributed by atoms with van der Waals surface area (Å²) in [5.41, 5.74) is 1.43. The summed E-state index contributed by atoms with van der Waals surface area (Å²) >= 11 is 13.7. The Kier molecular flexibility index (Phi) is 6.42. The number of ether oxygens (including phenoxy) is 1. The van der Waals surface area contributed by atoms with Crippen molar-refractivity contribution >= 4 is 45.0 Å². The van der Waals surface area contributed by atoms with Gasteiger partial charge in [0.1, 0.15) is 4.87 Å². The molecule has 36 heavy (non-hydrogen) atoms. The maximum Gasteiger partial charge on any atom is 0.237 e. The number of allylic oxidation sites excluding steroid dienone is 1. The summed E-state index contributed by atoms with van der Waals surface area (Å²) in [5, 5.41) is 12.5. The molecule has 0 amide bonds. The topological polar surface area (TPSA) is 117 Å². The molecular formula is C24H25Cl2N5O4S. The second-order valence-electron chi connectivity index (χ2n) is 9.42. The molecule has 4 atom stereocenters. The van der Waals surface area contributed by atoms with E-state index in [4.69, 9.17) is 27.9 Å². The molecule has 1 N–H and O–H groups in total. The van der Waals surface area contributed by atoms with E-state index in [9.17, 15) is 18.5 Å². The molecule has 3 unspecified atom stereocenters. The lowest BCUT2D eigenvalue weighted by molar-refractivity contribution is -0.118. The zero-order valence-corrected chi connectivity index (χ0v) is 21.9. The zero-order chi connectivity index (χ0) is 25.7. The molecule has 3 aliphatic rings. The van der Waals surface area contributed by atoms with Gasteiger partial charge in [0.05, 0.1) is 30.9 Å². The number of hydrogen-bond acceptors (Lipinski definition) is 7. The number of nitrogens with zero attached hydrogens (tertiary/aromatic N) is 4. The van der Waals surface area contributed by atoms with Crippen LogP contribution < -0.4 is 5.32 Å². The van der Waals surface area contributed by atoms with E-state index in [1.54, 1.807) is 30.5 Å². The fourth-order valence-corrected chi connectivity index (χ4v) is 8.20. The maximum absolute atomic E-state index is 13.8. The highest BCUT2D eigenvalue weighted by Crippen LogP contribution is 2.50. The number of aromatic nitrogens is 2. The lowest BCUT2D eigenvalue weighted by Crippen LogP contribution is -2.54. The second kappa shape index (κ2) is 9.15. The summed E-state index contributed by atoms with van der Waals surface area (Å²) in [6.07, 6.45) is 4.58. The summed E-state index contributed by atoms with van der Waals surface area (Å²) in [5.74, 6) is -0.320. The smallest absolute Gasteiger partial charge is 0.237 e. The molecule has 5 rings (SSSR count). The number of imidazole rings is 1. The maximum atomic E-state index is 13.8. The van der Waals surface area contributed by atoms with E-state index in [-0.39, 0.29) is 50.1 Å². The Labute approximate surface area is 219 Å².